The predicted octanol–water partition coefficient (Wildman–Crippen LogP) is 1.98. The van der Waals surface area contributed by atoms with Crippen molar-refractivity contribution in [1.29, 1.82) is 0 Å². The molecule has 0 saturated heterocycles. The van der Waals surface area contributed by atoms with Gasteiger partial charge in [0.1, 0.15) is 5.69 Å². The molecule has 2 aromatic heterocycles. The Hall–Kier alpha value is -2.24. The molecule has 0 aromatic carbocycles. The average molecular weight is 274 g/mol. The van der Waals surface area contributed by atoms with Crippen LogP contribution in [-0.4, -0.2) is 27.6 Å². The number of hydrogen-bond donors (Lipinski definition) is 1. The van der Waals surface area contributed by atoms with Crippen molar-refractivity contribution < 1.29 is 9.21 Å². The summed E-state index contributed by atoms with van der Waals surface area (Å²) in [5.41, 5.74) is 0.651. The van der Waals surface area contributed by atoms with Gasteiger partial charge in [-0.05, 0) is 18.6 Å². The highest BCUT2D eigenvalue weighted by Gasteiger charge is 2.09. The van der Waals surface area contributed by atoms with Crippen molar-refractivity contribution in [2.24, 2.45) is 0 Å². The van der Waals surface area contributed by atoms with Gasteiger partial charge in [-0.1, -0.05) is 19.4 Å². The van der Waals surface area contributed by atoms with Crippen LogP contribution >= 0.6 is 0 Å². The smallest absolute Gasteiger partial charge is 0.266 e. The van der Waals surface area contributed by atoms with E-state index in [9.17, 15) is 4.79 Å². The number of nitrogens with one attached hydrogen (secondary N) is 1. The van der Waals surface area contributed by atoms with Gasteiger partial charge in [0, 0.05) is 25.6 Å². The largest absolute Gasteiger partial charge is 0.419 e. The first-order chi connectivity index (χ1) is 9.79. The van der Waals surface area contributed by atoms with Gasteiger partial charge < -0.3 is 9.73 Å². The summed E-state index contributed by atoms with van der Waals surface area (Å²) < 4.78 is 5.50. The Morgan fingerprint density at radius 3 is 3.00 bits per heavy atom. The summed E-state index contributed by atoms with van der Waals surface area (Å²) in [5, 5.41) is 10.7. The summed E-state index contributed by atoms with van der Waals surface area (Å²) in [6.45, 7) is 2.57. The average Bonchev–Trinajstić information content (AvgIpc) is 2.95. The maximum atomic E-state index is 11.4. The molecule has 0 saturated carbocycles. The molecule has 6 heteroatoms. The van der Waals surface area contributed by atoms with Crippen molar-refractivity contribution in [3.63, 3.8) is 0 Å². The minimum Gasteiger partial charge on any atom is -0.419 e. The molecule has 0 atom stereocenters. The number of nitrogens with zero attached hydrogens (tertiary/aromatic N) is 3. The molecule has 106 valence electrons. The summed E-state index contributed by atoms with van der Waals surface area (Å²) in [7, 11) is 0. The maximum Gasteiger partial charge on any atom is 0.266 e. The van der Waals surface area contributed by atoms with Crippen LogP contribution in [0, 0.1) is 0 Å². The van der Waals surface area contributed by atoms with Crippen LogP contribution in [0.4, 0.5) is 0 Å². The normalized spacial score (nSPS) is 10.4. The number of amides is 1. The number of carbonyl (C=O) groups excluding carboxylic acids is 1. The van der Waals surface area contributed by atoms with Crippen LogP contribution in [-0.2, 0) is 11.2 Å². The van der Waals surface area contributed by atoms with Crippen LogP contribution < -0.4 is 5.32 Å². The van der Waals surface area contributed by atoms with Crippen LogP contribution in [0.25, 0.3) is 11.6 Å². The number of carbonyl (C=O) groups is 1. The first-order valence-corrected chi connectivity index (χ1v) is 6.80. The summed E-state index contributed by atoms with van der Waals surface area (Å²) in [6.07, 6.45) is 4.70. The van der Waals surface area contributed by atoms with E-state index in [1.807, 2.05) is 18.2 Å². The van der Waals surface area contributed by atoms with E-state index in [0.29, 0.717) is 36.9 Å². The molecule has 0 aliphatic heterocycles. The van der Waals surface area contributed by atoms with Gasteiger partial charge >= 0.3 is 0 Å². The zero-order chi connectivity index (χ0) is 14.2. The van der Waals surface area contributed by atoms with Crippen LogP contribution in [0.2, 0.25) is 0 Å². The molecule has 1 N–H and O–H groups in total. The summed E-state index contributed by atoms with van der Waals surface area (Å²) in [5.74, 6) is 0.968. The lowest BCUT2D eigenvalue weighted by atomic mass is 10.2. The number of hydrogen-bond acceptors (Lipinski definition) is 5. The van der Waals surface area contributed by atoms with Crippen molar-refractivity contribution in [2.75, 3.05) is 6.54 Å². The highest BCUT2D eigenvalue weighted by atomic mass is 16.4. The van der Waals surface area contributed by atoms with Crippen molar-refractivity contribution in [3.05, 3.63) is 30.3 Å². The Balaban J connectivity index is 1.80. The zero-order valence-electron chi connectivity index (χ0n) is 11.5. The zero-order valence-corrected chi connectivity index (χ0v) is 11.5. The SMILES string of the molecule is CCCCC(=O)NCCc1nnc(-c2ccccn2)o1. The molecule has 20 heavy (non-hydrogen) atoms. The number of unbranched alkanes of at least 4 members (excludes halogenated alkanes) is 1. The highest BCUT2D eigenvalue weighted by Crippen LogP contribution is 2.14. The summed E-state index contributed by atoms with van der Waals surface area (Å²) >= 11 is 0. The molecule has 0 aliphatic rings. The lowest BCUT2D eigenvalue weighted by molar-refractivity contribution is -0.121. The standard InChI is InChI=1S/C14H18N4O2/c1-2-3-7-12(19)16-10-8-13-17-18-14(20-13)11-6-4-5-9-15-11/h4-6,9H,2-3,7-8,10H2,1H3,(H,16,19). The van der Waals surface area contributed by atoms with Crippen LogP contribution in [0.1, 0.15) is 32.1 Å². The molecule has 0 aliphatic carbocycles. The molecule has 1 amide bonds. The molecule has 0 spiro atoms. The van der Waals surface area contributed by atoms with Crippen molar-refractivity contribution in [2.45, 2.75) is 32.6 Å². The molecule has 2 heterocycles. The lowest BCUT2D eigenvalue weighted by Gasteiger charge is -2.01. The second-order valence-electron chi connectivity index (χ2n) is 4.42. The van der Waals surface area contributed by atoms with Crippen LogP contribution in [0.3, 0.4) is 0 Å². The van der Waals surface area contributed by atoms with E-state index in [1.165, 1.54) is 0 Å². The Morgan fingerprint density at radius 1 is 1.35 bits per heavy atom. The molecular weight excluding hydrogens is 256 g/mol. The van der Waals surface area contributed by atoms with Gasteiger partial charge in [0.15, 0.2) is 0 Å². The van der Waals surface area contributed by atoms with Crippen molar-refractivity contribution in [3.8, 4) is 11.6 Å². The lowest BCUT2D eigenvalue weighted by Crippen LogP contribution is -2.25. The van der Waals surface area contributed by atoms with E-state index in [1.54, 1.807) is 6.20 Å². The fraction of sp³-hybridized carbons (Fsp3) is 0.429. The summed E-state index contributed by atoms with van der Waals surface area (Å²) in [6, 6.07) is 5.50. The van der Waals surface area contributed by atoms with Crippen LogP contribution in [0.15, 0.2) is 28.8 Å². The second kappa shape index (κ2) is 7.37. The monoisotopic (exact) mass is 274 g/mol. The highest BCUT2D eigenvalue weighted by molar-refractivity contribution is 5.75. The molecule has 6 nitrogen and oxygen atoms in total. The Kier molecular flexibility index (Phi) is 5.23. The third-order valence-corrected chi connectivity index (χ3v) is 2.77. The van der Waals surface area contributed by atoms with Gasteiger partial charge in [-0.2, -0.15) is 0 Å². The molecule has 0 bridgehead atoms. The Morgan fingerprint density at radius 2 is 2.25 bits per heavy atom. The van der Waals surface area contributed by atoms with Gasteiger partial charge in [-0.3, -0.25) is 9.78 Å². The minimum atomic E-state index is 0.0660. The maximum absolute atomic E-state index is 11.4. The first-order valence-electron chi connectivity index (χ1n) is 6.80. The van der Waals surface area contributed by atoms with E-state index in [4.69, 9.17) is 4.42 Å². The van der Waals surface area contributed by atoms with Gasteiger partial charge in [-0.25, -0.2) is 0 Å². The van der Waals surface area contributed by atoms with E-state index in [-0.39, 0.29) is 5.91 Å². The Bertz CT molecular complexity index is 539. The van der Waals surface area contributed by atoms with Gasteiger partial charge in [0.25, 0.3) is 5.89 Å². The number of aromatic nitrogens is 3. The Labute approximate surface area is 117 Å². The van der Waals surface area contributed by atoms with E-state index in [2.05, 4.69) is 27.4 Å². The topological polar surface area (TPSA) is 80.9 Å². The van der Waals surface area contributed by atoms with E-state index in [0.717, 1.165) is 12.8 Å². The second-order valence-corrected chi connectivity index (χ2v) is 4.42. The molecular formula is C14H18N4O2. The van der Waals surface area contributed by atoms with Gasteiger partial charge in [0.05, 0.1) is 0 Å². The summed E-state index contributed by atoms with van der Waals surface area (Å²) in [4.78, 5) is 15.6. The first kappa shape index (κ1) is 14.2. The minimum absolute atomic E-state index is 0.0660. The third-order valence-electron chi connectivity index (χ3n) is 2.77. The van der Waals surface area contributed by atoms with Crippen LogP contribution in [0.5, 0.6) is 0 Å². The number of rotatable bonds is 7. The fourth-order valence-electron chi connectivity index (χ4n) is 1.68. The van der Waals surface area contributed by atoms with Crippen molar-refractivity contribution in [1.82, 2.24) is 20.5 Å². The van der Waals surface area contributed by atoms with E-state index >= 15 is 0 Å². The van der Waals surface area contributed by atoms with Gasteiger partial charge in [-0.15, -0.1) is 10.2 Å². The molecule has 0 unspecified atom stereocenters. The third kappa shape index (κ3) is 4.15. The fourth-order valence-corrected chi connectivity index (χ4v) is 1.68. The van der Waals surface area contributed by atoms with Crippen molar-refractivity contribution >= 4 is 5.91 Å². The number of pyridine rings is 1. The van der Waals surface area contributed by atoms with E-state index < -0.39 is 0 Å². The molecule has 2 rings (SSSR count). The molecule has 0 radical (unpaired) electrons. The molecule has 2 aromatic rings. The quantitative estimate of drug-likeness (QED) is 0.835. The van der Waals surface area contributed by atoms with Gasteiger partial charge in [0.2, 0.25) is 11.8 Å². The molecule has 0 fully saturated rings. The predicted molar refractivity (Wildman–Crippen MR) is 73.8 cm³/mol.